The van der Waals surface area contributed by atoms with Crippen LogP contribution in [0.1, 0.15) is 16.9 Å². The molecule has 2 aromatic rings. The highest BCUT2D eigenvalue weighted by Gasteiger charge is 2.08. The number of nitrogens with zero attached hydrogens (tertiary/aromatic N) is 2. The minimum atomic E-state index is 0.610. The summed E-state index contributed by atoms with van der Waals surface area (Å²) in [5.74, 6) is 0.788. The van der Waals surface area contributed by atoms with E-state index in [1.165, 1.54) is 0 Å². The van der Waals surface area contributed by atoms with Crippen molar-refractivity contribution < 1.29 is 4.42 Å². The molecule has 0 atom stereocenters. The lowest BCUT2D eigenvalue weighted by Crippen LogP contribution is -2.11. The minimum absolute atomic E-state index is 0.610. The second kappa shape index (κ2) is 6.74. The van der Waals surface area contributed by atoms with Gasteiger partial charge in [0, 0.05) is 30.4 Å². The highest BCUT2D eigenvalue weighted by atomic mass is 35.5. The standard InChI is InChI=1S/C15H16ClN3OS/c1-10-13(6-7-20-10)15(21)18-12-4-5-14(16)11(8-12)9-17-19(2)3/h4-9H,1-3H3,(H,18,21)/b17-9+. The van der Waals surface area contributed by atoms with Crippen LogP contribution in [0.4, 0.5) is 5.69 Å². The molecule has 4 nitrogen and oxygen atoms in total. The molecule has 0 fully saturated rings. The van der Waals surface area contributed by atoms with E-state index in [1.54, 1.807) is 17.5 Å². The molecule has 0 aliphatic rings. The Morgan fingerprint density at radius 2 is 2.14 bits per heavy atom. The van der Waals surface area contributed by atoms with Gasteiger partial charge in [-0.2, -0.15) is 5.10 Å². The second-order valence-corrected chi connectivity index (χ2v) is 5.49. The molecule has 1 aromatic heterocycles. The molecule has 110 valence electrons. The molecule has 1 aromatic carbocycles. The lowest BCUT2D eigenvalue weighted by Gasteiger charge is -2.09. The van der Waals surface area contributed by atoms with Crippen molar-refractivity contribution >= 4 is 40.7 Å². The predicted molar refractivity (Wildman–Crippen MR) is 91.5 cm³/mol. The summed E-state index contributed by atoms with van der Waals surface area (Å²) in [4.78, 5) is 0.610. The van der Waals surface area contributed by atoms with Gasteiger partial charge < -0.3 is 14.7 Å². The minimum Gasteiger partial charge on any atom is -0.469 e. The van der Waals surface area contributed by atoms with Crippen LogP contribution in [-0.4, -0.2) is 30.3 Å². The van der Waals surface area contributed by atoms with Crippen molar-refractivity contribution in [2.24, 2.45) is 5.10 Å². The number of aryl methyl sites for hydroxylation is 1. The number of halogens is 1. The Morgan fingerprint density at radius 3 is 2.76 bits per heavy atom. The molecule has 0 aliphatic carbocycles. The highest BCUT2D eigenvalue weighted by molar-refractivity contribution is 7.81. The molecule has 21 heavy (non-hydrogen) atoms. The number of hydrogen-bond acceptors (Lipinski definition) is 4. The smallest absolute Gasteiger partial charge is 0.114 e. The molecule has 6 heteroatoms. The van der Waals surface area contributed by atoms with Gasteiger partial charge >= 0.3 is 0 Å². The monoisotopic (exact) mass is 321 g/mol. The molecule has 0 bridgehead atoms. The maximum atomic E-state index is 6.16. The van der Waals surface area contributed by atoms with Crippen LogP contribution in [0, 0.1) is 6.92 Å². The van der Waals surface area contributed by atoms with Crippen LogP contribution in [0.5, 0.6) is 0 Å². The largest absolute Gasteiger partial charge is 0.469 e. The number of nitrogens with one attached hydrogen (secondary N) is 1. The van der Waals surface area contributed by atoms with Gasteiger partial charge in [0.15, 0.2) is 0 Å². The van der Waals surface area contributed by atoms with Crippen LogP contribution < -0.4 is 5.32 Å². The first-order valence-electron chi connectivity index (χ1n) is 6.33. The van der Waals surface area contributed by atoms with Crippen molar-refractivity contribution in [2.45, 2.75) is 6.92 Å². The maximum Gasteiger partial charge on any atom is 0.114 e. The Bertz CT molecular complexity index is 679. The third-order valence-electron chi connectivity index (χ3n) is 2.79. The van der Waals surface area contributed by atoms with Crippen molar-refractivity contribution in [1.82, 2.24) is 5.01 Å². The van der Waals surface area contributed by atoms with Gasteiger partial charge in [0.25, 0.3) is 0 Å². The van der Waals surface area contributed by atoms with E-state index in [-0.39, 0.29) is 0 Å². The molecular weight excluding hydrogens is 306 g/mol. The first-order valence-corrected chi connectivity index (χ1v) is 7.12. The molecule has 0 radical (unpaired) electrons. The lowest BCUT2D eigenvalue weighted by atomic mass is 10.2. The number of thiocarbonyl (C=S) groups is 1. The molecule has 0 saturated heterocycles. The van der Waals surface area contributed by atoms with Gasteiger partial charge in [-0.05, 0) is 31.2 Å². The first kappa shape index (κ1) is 15.5. The van der Waals surface area contributed by atoms with E-state index >= 15 is 0 Å². The van der Waals surface area contributed by atoms with E-state index < -0.39 is 0 Å². The molecule has 0 aliphatic heterocycles. The number of hydrazone groups is 1. The zero-order valence-corrected chi connectivity index (χ0v) is 13.6. The maximum absolute atomic E-state index is 6.16. The average Bonchev–Trinajstić information content (AvgIpc) is 2.85. The van der Waals surface area contributed by atoms with E-state index in [9.17, 15) is 0 Å². The summed E-state index contributed by atoms with van der Waals surface area (Å²) in [6.45, 7) is 1.88. The topological polar surface area (TPSA) is 40.8 Å². The Kier molecular flexibility index (Phi) is 4.98. The van der Waals surface area contributed by atoms with E-state index in [2.05, 4.69) is 10.4 Å². The molecule has 1 heterocycles. The van der Waals surface area contributed by atoms with Gasteiger partial charge in [0.2, 0.25) is 0 Å². The molecule has 2 rings (SSSR count). The third kappa shape index (κ3) is 4.06. The molecular formula is C15H16ClN3OS. The summed E-state index contributed by atoms with van der Waals surface area (Å²) < 4.78 is 5.26. The number of hydrogen-bond donors (Lipinski definition) is 1. The fourth-order valence-electron chi connectivity index (χ4n) is 1.72. The summed E-state index contributed by atoms with van der Waals surface area (Å²) in [7, 11) is 3.70. The number of benzene rings is 1. The van der Waals surface area contributed by atoms with E-state index in [0.29, 0.717) is 10.0 Å². The van der Waals surface area contributed by atoms with Crippen molar-refractivity contribution in [3.8, 4) is 0 Å². The lowest BCUT2D eigenvalue weighted by molar-refractivity contribution is 0.440. The van der Waals surface area contributed by atoms with Crippen molar-refractivity contribution in [2.75, 3.05) is 19.4 Å². The number of anilines is 1. The molecule has 0 saturated carbocycles. The number of rotatable bonds is 4. The van der Waals surface area contributed by atoms with Gasteiger partial charge in [-0.3, -0.25) is 0 Å². The third-order valence-corrected chi connectivity index (χ3v) is 3.45. The van der Waals surface area contributed by atoms with Gasteiger partial charge in [-0.1, -0.05) is 23.8 Å². The van der Waals surface area contributed by atoms with Crippen LogP contribution >= 0.6 is 23.8 Å². The summed E-state index contributed by atoms with van der Waals surface area (Å²) in [6.07, 6.45) is 3.33. The predicted octanol–water partition coefficient (Wildman–Crippen LogP) is 3.92. The highest BCUT2D eigenvalue weighted by Crippen LogP contribution is 2.20. The average molecular weight is 322 g/mol. The van der Waals surface area contributed by atoms with Gasteiger partial charge in [-0.25, -0.2) is 0 Å². The van der Waals surface area contributed by atoms with Crippen LogP contribution in [-0.2, 0) is 0 Å². The summed E-state index contributed by atoms with van der Waals surface area (Å²) in [6, 6.07) is 7.43. The summed E-state index contributed by atoms with van der Waals surface area (Å²) in [5.41, 5.74) is 2.55. The normalized spacial score (nSPS) is 10.9. The fourth-order valence-corrected chi connectivity index (χ4v) is 2.21. The Labute approximate surface area is 134 Å². The number of furan rings is 1. The Balaban J connectivity index is 2.19. The quantitative estimate of drug-likeness (QED) is 0.526. The van der Waals surface area contributed by atoms with Crippen LogP contribution in [0.2, 0.25) is 5.02 Å². The first-order chi connectivity index (χ1) is 9.97. The van der Waals surface area contributed by atoms with Gasteiger partial charge in [0.1, 0.15) is 10.7 Å². The Hall–Kier alpha value is -1.85. The SMILES string of the molecule is Cc1occc1C(=S)Nc1ccc(Cl)c(/C=N/N(C)C)c1. The van der Waals surface area contributed by atoms with Gasteiger partial charge in [0.05, 0.1) is 18.0 Å². The summed E-state index contributed by atoms with van der Waals surface area (Å²) in [5, 5.41) is 9.71. The van der Waals surface area contributed by atoms with E-state index in [0.717, 1.165) is 22.6 Å². The van der Waals surface area contributed by atoms with Crippen LogP contribution in [0.25, 0.3) is 0 Å². The van der Waals surface area contributed by atoms with Crippen LogP contribution in [0.15, 0.2) is 40.0 Å². The molecule has 0 spiro atoms. The van der Waals surface area contributed by atoms with E-state index in [4.69, 9.17) is 28.2 Å². The molecule has 0 unspecified atom stereocenters. The fraction of sp³-hybridized carbons (Fsp3) is 0.200. The molecule has 0 amide bonds. The zero-order valence-electron chi connectivity index (χ0n) is 12.1. The van der Waals surface area contributed by atoms with Crippen molar-refractivity contribution in [1.29, 1.82) is 0 Å². The zero-order chi connectivity index (χ0) is 15.4. The summed E-state index contributed by atoms with van der Waals surface area (Å²) >= 11 is 11.5. The van der Waals surface area contributed by atoms with E-state index in [1.807, 2.05) is 45.3 Å². The second-order valence-electron chi connectivity index (χ2n) is 4.67. The molecule has 1 N–H and O–H groups in total. The van der Waals surface area contributed by atoms with Crippen molar-refractivity contribution in [3.05, 3.63) is 52.4 Å². The van der Waals surface area contributed by atoms with Gasteiger partial charge in [-0.15, -0.1) is 0 Å². The van der Waals surface area contributed by atoms with Crippen LogP contribution in [0.3, 0.4) is 0 Å². The van der Waals surface area contributed by atoms with Crippen molar-refractivity contribution in [3.63, 3.8) is 0 Å². The Morgan fingerprint density at radius 1 is 1.38 bits per heavy atom.